The van der Waals surface area contributed by atoms with Crippen LogP contribution < -0.4 is 0 Å². The summed E-state index contributed by atoms with van der Waals surface area (Å²) in [6, 6.07) is 5.63. The Morgan fingerprint density at radius 2 is 2.36 bits per heavy atom. The smallest absolute Gasteiger partial charge is 0.136 e. The number of nitriles is 1. The molecule has 2 aromatic heterocycles. The summed E-state index contributed by atoms with van der Waals surface area (Å²) >= 11 is 0. The number of pyridine rings is 1. The van der Waals surface area contributed by atoms with Crippen LogP contribution in [0.2, 0.25) is 0 Å². The molecule has 2 heterocycles. The topological polar surface area (TPSA) is 41.1 Å². The van der Waals surface area contributed by atoms with E-state index in [4.69, 9.17) is 5.26 Å². The molecule has 0 N–H and O–H groups in total. The molecule has 11 heavy (non-hydrogen) atoms. The van der Waals surface area contributed by atoms with Crippen LogP contribution in [0.15, 0.2) is 30.7 Å². The molecule has 3 nitrogen and oxygen atoms in total. The van der Waals surface area contributed by atoms with Crippen molar-refractivity contribution in [1.82, 2.24) is 9.38 Å². The lowest BCUT2D eigenvalue weighted by atomic mass is 10.3. The zero-order valence-corrected chi connectivity index (χ0v) is 5.73. The molecule has 0 spiro atoms. The molecule has 0 unspecified atom stereocenters. The van der Waals surface area contributed by atoms with Crippen molar-refractivity contribution in [3.8, 4) is 6.07 Å². The van der Waals surface area contributed by atoms with E-state index in [1.165, 1.54) is 0 Å². The van der Waals surface area contributed by atoms with Gasteiger partial charge in [0, 0.05) is 18.6 Å². The number of fused-ring (bicyclic) bond motifs is 1. The fraction of sp³-hybridized carbons (Fsp3) is 0. The highest BCUT2D eigenvalue weighted by Gasteiger charge is 1.93. The van der Waals surface area contributed by atoms with Gasteiger partial charge in [-0.2, -0.15) is 5.26 Å². The maximum Gasteiger partial charge on any atom is 0.136 e. The van der Waals surface area contributed by atoms with Crippen LogP contribution in [0.5, 0.6) is 0 Å². The third kappa shape index (κ3) is 0.849. The highest BCUT2D eigenvalue weighted by atomic mass is 15.0. The van der Waals surface area contributed by atoms with Crippen molar-refractivity contribution in [2.45, 2.75) is 0 Å². The van der Waals surface area contributed by atoms with E-state index in [2.05, 4.69) is 11.1 Å². The predicted molar refractivity (Wildman–Crippen MR) is 39.9 cm³/mol. The normalized spacial score (nSPS) is 9.73. The molecule has 0 saturated heterocycles. The Morgan fingerprint density at radius 3 is 3.18 bits per heavy atom. The molecule has 0 aromatic carbocycles. The Bertz CT molecular complexity index is 422. The van der Waals surface area contributed by atoms with Crippen molar-refractivity contribution >= 4 is 5.65 Å². The van der Waals surface area contributed by atoms with Crippen molar-refractivity contribution in [3.63, 3.8) is 0 Å². The van der Waals surface area contributed by atoms with Gasteiger partial charge in [-0.25, -0.2) is 4.98 Å². The lowest BCUT2D eigenvalue weighted by Crippen LogP contribution is -1.83. The van der Waals surface area contributed by atoms with Crippen LogP contribution in [-0.2, 0) is 0 Å². The monoisotopic (exact) mass is 143 g/mol. The van der Waals surface area contributed by atoms with Gasteiger partial charge in [-0.1, -0.05) is 0 Å². The van der Waals surface area contributed by atoms with Crippen LogP contribution in [0.3, 0.4) is 0 Å². The SMILES string of the molecule is N#Cc1ccc2nccn2c1. The number of imidazole rings is 1. The molecule has 0 aliphatic heterocycles. The molecule has 0 radical (unpaired) electrons. The minimum atomic E-state index is 0.649. The van der Waals surface area contributed by atoms with E-state index >= 15 is 0 Å². The van der Waals surface area contributed by atoms with E-state index in [-0.39, 0.29) is 0 Å². The van der Waals surface area contributed by atoms with Gasteiger partial charge in [0.1, 0.15) is 11.7 Å². The Labute approximate surface area is 63.5 Å². The van der Waals surface area contributed by atoms with Gasteiger partial charge in [0.05, 0.1) is 5.56 Å². The fourth-order valence-electron chi connectivity index (χ4n) is 0.986. The van der Waals surface area contributed by atoms with E-state index in [9.17, 15) is 0 Å². The van der Waals surface area contributed by atoms with Gasteiger partial charge >= 0.3 is 0 Å². The molecule has 0 bridgehead atoms. The van der Waals surface area contributed by atoms with Crippen LogP contribution in [0.4, 0.5) is 0 Å². The first-order valence-corrected chi connectivity index (χ1v) is 3.23. The summed E-state index contributed by atoms with van der Waals surface area (Å²) in [6.45, 7) is 0. The summed E-state index contributed by atoms with van der Waals surface area (Å²) < 4.78 is 1.82. The lowest BCUT2D eigenvalue weighted by molar-refractivity contribution is 1.17. The third-order valence-corrected chi connectivity index (χ3v) is 1.52. The van der Waals surface area contributed by atoms with Gasteiger partial charge in [0.15, 0.2) is 0 Å². The van der Waals surface area contributed by atoms with Crippen molar-refractivity contribution in [1.29, 1.82) is 5.26 Å². The molecule has 2 aromatic rings. The van der Waals surface area contributed by atoms with Crippen molar-refractivity contribution in [2.75, 3.05) is 0 Å². The number of hydrogen-bond acceptors (Lipinski definition) is 2. The van der Waals surface area contributed by atoms with Crippen LogP contribution >= 0.6 is 0 Å². The van der Waals surface area contributed by atoms with Gasteiger partial charge in [-0.3, -0.25) is 0 Å². The molecule has 52 valence electrons. The maximum atomic E-state index is 8.55. The summed E-state index contributed by atoms with van der Waals surface area (Å²) in [5.41, 5.74) is 1.51. The maximum absolute atomic E-state index is 8.55. The first-order chi connectivity index (χ1) is 5.40. The van der Waals surface area contributed by atoms with Gasteiger partial charge < -0.3 is 4.40 Å². The van der Waals surface area contributed by atoms with Gasteiger partial charge in [0.25, 0.3) is 0 Å². The molecule has 0 atom stereocenters. The first kappa shape index (κ1) is 5.93. The highest BCUT2D eigenvalue weighted by Crippen LogP contribution is 2.02. The molecule has 0 aliphatic carbocycles. The van der Waals surface area contributed by atoms with Crippen LogP contribution in [-0.4, -0.2) is 9.38 Å². The van der Waals surface area contributed by atoms with E-state index in [0.717, 1.165) is 5.65 Å². The second-order valence-electron chi connectivity index (χ2n) is 2.22. The first-order valence-electron chi connectivity index (χ1n) is 3.23. The van der Waals surface area contributed by atoms with Crippen molar-refractivity contribution in [2.24, 2.45) is 0 Å². The number of hydrogen-bond donors (Lipinski definition) is 0. The summed E-state index contributed by atoms with van der Waals surface area (Å²) in [7, 11) is 0. The van der Waals surface area contributed by atoms with E-state index in [0.29, 0.717) is 5.56 Å². The predicted octanol–water partition coefficient (Wildman–Crippen LogP) is 1.21. The molecule has 0 fully saturated rings. The molecule has 0 aliphatic rings. The van der Waals surface area contributed by atoms with Crippen LogP contribution in [0, 0.1) is 11.3 Å². The quantitative estimate of drug-likeness (QED) is 0.556. The van der Waals surface area contributed by atoms with E-state index in [1.54, 1.807) is 18.5 Å². The van der Waals surface area contributed by atoms with E-state index < -0.39 is 0 Å². The Balaban J connectivity index is 2.79. The van der Waals surface area contributed by atoms with Crippen LogP contribution in [0.25, 0.3) is 5.65 Å². The summed E-state index contributed by atoms with van der Waals surface area (Å²) in [5, 5.41) is 8.55. The molecule has 2 rings (SSSR count). The molecule has 3 heteroatoms. The zero-order chi connectivity index (χ0) is 7.68. The van der Waals surface area contributed by atoms with Gasteiger partial charge in [-0.15, -0.1) is 0 Å². The zero-order valence-electron chi connectivity index (χ0n) is 5.73. The average Bonchev–Trinajstić information content (AvgIpc) is 2.50. The highest BCUT2D eigenvalue weighted by molar-refractivity contribution is 5.42. The van der Waals surface area contributed by atoms with Crippen molar-refractivity contribution < 1.29 is 0 Å². The summed E-state index contributed by atoms with van der Waals surface area (Å²) in [6.07, 6.45) is 5.27. The minimum absolute atomic E-state index is 0.649. The van der Waals surface area contributed by atoms with Gasteiger partial charge in [-0.05, 0) is 12.1 Å². The average molecular weight is 143 g/mol. The molecular weight excluding hydrogens is 138 g/mol. The Hall–Kier alpha value is -1.82. The molecule has 0 amide bonds. The fourth-order valence-corrected chi connectivity index (χ4v) is 0.986. The van der Waals surface area contributed by atoms with Crippen LogP contribution in [0.1, 0.15) is 5.56 Å². The molecule has 0 saturated carbocycles. The second kappa shape index (κ2) is 2.10. The number of rotatable bonds is 0. The summed E-state index contributed by atoms with van der Waals surface area (Å²) in [4.78, 5) is 4.05. The Morgan fingerprint density at radius 1 is 1.45 bits per heavy atom. The third-order valence-electron chi connectivity index (χ3n) is 1.52. The number of aromatic nitrogens is 2. The van der Waals surface area contributed by atoms with Gasteiger partial charge in [0.2, 0.25) is 0 Å². The largest absolute Gasteiger partial charge is 0.306 e. The lowest BCUT2D eigenvalue weighted by Gasteiger charge is -1.91. The Kier molecular flexibility index (Phi) is 1.13. The minimum Gasteiger partial charge on any atom is -0.306 e. The molecular formula is C8H5N3. The summed E-state index contributed by atoms with van der Waals surface area (Å²) in [5.74, 6) is 0. The number of nitrogens with zero attached hydrogens (tertiary/aromatic N) is 3. The van der Waals surface area contributed by atoms with Crippen molar-refractivity contribution in [3.05, 3.63) is 36.3 Å². The van der Waals surface area contributed by atoms with E-state index in [1.807, 2.05) is 16.7 Å². The second-order valence-corrected chi connectivity index (χ2v) is 2.22. The standard InChI is InChI=1S/C8H5N3/c9-5-7-1-2-8-10-3-4-11(8)6-7/h1-4,6H.